The summed E-state index contributed by atoms with van der Waals surface area (Å²) in [7, 11) is 0. The van der Waals surface area contributed by atoms with Gasteiger partial charge >= 0.3 is 6.18 Å². The Hall–Kier alpha value is -1.17. The number of hydrogen-bond donors (Lipinski definition) is 1. The van der Waals surface area contributed by atoms with Crippen LogP contribution in [-0.4, -0.2) is 6.18 Å². The maximum atomic E-state index is 13.1. The van der Waals surface area contributed by atoms with Crippen molar-refractivity contribution < 1.29 is 22.0 Å². The van der Waals surface area contributed by atoms with Crippen LogP contribution in [0.2, 0.25) is 0 Å². The number of hydrogen-bond acceptors (Lipinski definition) is 1. The Bertz CT molecular complexity index is 369. The van der Waals surface area contributed by atoms with Gasteiger partial charge in [-0.15, -0.1) is 0 Å². The molecule has 84 valence electrons. The molecule has 0 saturated carbocycles. The molecular formula is C9H8F5N. The fraction of sp³-hybridized carbons (Fsp3) is 0.333. The molecule has 1 atom stereocenters. The molecule has 0 amide bonds. The van der Waals surface area contributed by atoms with E-state index in [0.29, 0.717) is 19.1 Å². The molecule has 1 aromatic carbocycles. The Morgan fingerprint density at radius 1 is 1.13 bits per heavy atom. The van der Waals surface area contributed by atoms with Gasteiger partial charge in [-0.1, -0.05) is 6.07 Å². The van der Waals surface area contributed by atoms with E-state index in [2.05, 4.69) is 0 Å². The lowest BCUT2D eigenvalue weighted by atomic mass is 9.92. The van der Waals surface area contributed by atoms with Crippen molar-refractivity contribution >= 4 is 0 Å². The number of benzene rings is 1. The van der Waals surface area contributed by atoms with E-state index in [0.717, 1.165) is 6.07 Å². The van der Waals surface area contributed by atoms with Gasteiger partial charge in [0.25, 0.3) is 0 Å². The fourth-order valence-electron chi connectivity index (χ4n) is 1.06. The highest BCUT2D eigenvalue weighted by Gasteiger charge is 2.50. The van der Waals surface area contributed by atoms with Gasteiger partial charge in [-0.3, -0.25) is 0 Å². The van der Waals surface area contributed by atoms with Gasteiger partial charge in [0.1, 0.15) is 17.2 Å². The summed E-state index contributed by atoms with van der Waals surface area (Å²) in [6, 6.07) is 1.79. The van der Waals surface area contributed by atoms with Gasteiger partial charge in [-0.25, -0.2) is 8.78 Å². The molecule has 0 aliphatic carbocycles. The monoisotopic (exact) mass is 225 g/mol. The van der Waals surface area contributed by atoms with Gasteiger partial charge in [-0.05, 0) is 13.0 Å². The van der Waals surface area contributed by atoms with Crippen molar-refractivity contribution in [1.29, 1.82) is 0 Å². The Labute approximate surface area is 82.7 Å². The quantitative estimate of drug-likeness (QED) is 0.730. The second-order valence-electron chi connectivity index (χ2n) is 3.32. The second kappa shape index (κ2) is 3.44. The first kappa shape index (κ1) is 11.9. The number of rotatable bonds is 1. The van der Waals surface area contributed by atoms with Crippen LogP contribution >= 0.6 is 0 Å². The Kier molecular flexibility index (Phi) is 2.73. The van der Waals surface area contributed by atoms with Crippen molar-refractivity contribution in [3.63, 3.8) is 0 Å². The summed E-state index contributed by atoms with van der Waals surface area (Å²) in [4.78, 5) is 0. The highest BCUT2D eigenvalue weighted by Crippen LogP contribution is 2.37. The first-order valence-corrected chi connectivity index (χ1v) is 3.97. The molecule has 0 radical (unpaired) electrons. The fourth-order valence-corrected chi connectivity index (χ4v) is 1.06. The van der Waals surface area contributed by atoms with E-state index in [-0.39, 0.29) is 0 Å². The van der Waals surface area contributed by atoms with Gasteiger partial charge in [0, 0.05) is 11.6 Å². The summed E-state index contributed by atoms with van der Waals surface area (Å²) in [6.45, 7) is 0.628. The molecule has 0 bridgehead atoms. The molecule has 1 unspecified atom stereocenters. The standard InChI is InChI=1S/C9H8F5N/c1-8(15,9(12,13)14)6-3-2-5(10)4-7(6)11/h2-4H,15H2,1H3. The predicted molar refractivity (Wildman–Crippen MR) is 44.0 cm³/mol. The normalized spacial score (nSPS) is 16.2. The maximum Gasteiger partial charge on any atom is 0.410 e. The molecule has 0 heterocycles. The average molecular weight is 225 g/mol. The van der Waals surface area contributed by atoms with Crippen molar-refractivity contribution in [3.8, 4) is 0 Å². The van der Waals surface area contributed by atoms with Crippen LogP contribution < -0.4 is 5.73 Å². The highest BCUT2D eigenvalue weighted by molar-refractivity contribution is 5.27. The molecule has 1 rings (SSSR count). The number of alkyl halides is 3. The molecule has 15 heavy (non-hydrogen) atoms. The van der Waals surface area contributed by atoms with Crippen molar-refractivity contribution in [2.24, 2.45) is 5.73 Å². The SMILES string of the molecule is CC(N)(c1ccc(F)cc1F)C(F)(F)F. The van der Waals surface area contributed by atoms with Gasteiger partial charge in [0.15, 0.2) is 0 Å². The third kappa shape index (κ3) is 2.09. The summed E-state index contributed by atoms with van der Waals surface area (Å²) in [5.74, 6) is -2.26. The lowest BCUT2D eigenvalue weighted by Gasteiger charge is -2.28. The molecule has 1 nitrogen and oxygen atoms in total. The smallest absolute Gasteiger partial charge is 0.314 e. The van der Waals surface area contributed by atoms with E-state index in [4.69, 9.17) is 5.73 Å². The minimum atomic E-state index is -4.80. The van der Waals surface area contributed by atoms with Crippen LogP contribution in [0.5, 0.6) is 0 Å². The minimum absolute atomic E-state index is 0.367. The van der Waals surface area contributed by atoms with Gasteiger partial charge in [0.05, 0.1) is 0 Å². The van der Waals surface area contributed by atoms with Crippen LogP contribution in [0.3, 0.4) is 0 Å². The highest BCUT2D eigenvalue weighted by atomic mass is 19.4. The summed E-state index contributed by atoms with van der Waals surface area (Å²) in [6.07, 6.45) is -4.80. The Balaban J connectivity index is 3.28. The maximum absolute atomic E-state index is 13.1. The lowest BCUT2D eigenvalue weighted by molar-refractivity contribution is -0.184. The summed E-state index contributed by atoms with van der Waals surface area (Å²) in [5, 5.41) is 0. The molecule has 0 aliphatic rings. The molecule has 0 fully saturated rings. The predicted octanol–water partition coefficient (Wildman–Crippen LogP) is 2.70. The summed E-state index contributed by atoms with van der Waals surface area (Å²) < 4.78 is 62.8. The molecule has 1 aromatic rings. The van der Waals surface area contributed by atoms with E-state index in [9.17, 15) is 22.0 Å². The zero-order valence-corrected chi connectivity index (χ0v) is 7.70. The van der Waals surface area contributed by atoms with Crippen LogP contribution in [0.25, 0.3) is 0 Å². The van der Waals surface area contributed by atoms with Gasteiger partial charge < -0.3 is 5.73 Å². The largest absolute Gasteiger partial charge is 0.410 e. The van der Waals surface area contributed by atoms with Crippen LogP contribution in [0.15, 0.2) is 18.2 Å². The van der Waals surface area contributed by atoms with Crippen molar-refractivity contribution in [2.75, 3.05) is 0 Å². The minimum Gasteiger partial charge on any atom is -0.314 e. The number of halogens is 5. The Morgan fingerprint density at radius 3 is 2.07 bits per heavy atom. The average Bonchev–Trinajstić information content (AvgIpc) is 2.00. The Morgan fingerprint density at radius 2 is 1.67 bits per heavy atom. The van der Waals surface area contributed by atoms with Crippen LogP contribution in [0, 0.1) is 11.6 Å². The van der Waals surface area contributed by atoms with Gasteiger partial charge in [-0.2, -0.15) is 13.2 Å². The van der Waals surface area contributed by atoms with Crippen LogP contribution in [0.4, 0.5) is 22.0 Å². The molecule has 6 heteroatoms. The summed E-state index contributed by atoms with van der Waals surface area (Å²) >= 11 is 0. The first-order valence-electron chi connectivity index (χ1n) is 3.97. The zero-order valence-electron chi connectivity index (χ0n) is 7.70. The van der Waals surface area contributed by atoms with E-state index < -0.39 is 28.9 Å². The second-order valence-corrected chi connectivity index (χ2v) is 3.32. The first-order chi connectivity index (χ1) is 6.66. The van der Waals surface area contributed by atoms with Crippen molar-refractivity contribution in [3.05, 3.63) is 35.4 Å². The molecular weight excluding hydrogens is 217 g/mol. The van der Waals surface area contributed by atoms with E-state index in [1.807, 2.05) is 0 Å². The van der Waals surface area contributed by atoms with Gasteiger partial charge in [0.2, 0.25) is 0 Å². The van der Waals surface area contributed by atoms with E-state index in [1.54, 1.807) is 0 Å². The van der Waals surface area contributed by atoms with Crippen LogP contribution in [0.1, 0.15) is 12.5 Å². The molecule has 0 spiro atoms. The van der Waals surface area contributed by atoms with Crippen molar-refractivity contribution in [2.45, 2.75) is 18.6 Å². The molecule has 0 saturated heterocycles. The molecule has 0 aromatic heterocycles. The molecule has 0 aliphatic heterocycles. The third-order valence-corrected chi connectivity index (χ3v) is 2.08. The van der Waals surface area contributed by atoms with E-state index >= 15 is 0 Å². The van der Waals surface area contributed by atoms with Crippen molar-refractivity contribution in [1.82, 2.24) is 0 Å². The topological polar surface area (TPSA) is 26.0 Å². The zero-order chi connectivity index (χ0) is 11.9. The van der Waals surface area contributed by atoms with Crippen LogP contribution in [-0.2, 0) is 5.54 Å². The lowest BCUT2D eigenvalue weighted by Crippen LogP contribution is -2.48. The summed E-state index contributed by atoms with van der Waals surface area (Å²) in [5.41, 5.74) is 1.37. The molecule has 2 N–H and O–H groups in total. The third-order valence-electron chi connectivity index (χ3n) is 2.08. The van der Waals surface area contributed by atoms with E-state index in [1.165, 1.54) is 0 Å². The number of nitrogens with two attached hydrogens (primary N) is 1.